The molecule has 2 N–H and O–H groups in total. The monoisotopic (exact) mass is 370 g/mol. The molecule has 0 aliphatic carbocycles. The molecule has 2 aromatic carbocycles. The molecule has 1 aromatic heterocycles. The molecule has 5 nitrogen and oxygen atoms in total. The van der Waals surface area contributed by atoms with Crippen LogP contribution in [0.4, 0.5) is 0 Å². The van der Waals surface area contributed by atoms with Crippen LogP contribution >= 0.6 is 0 Å². The molecule has 3 rings (SSSR count). The summed E-state index contributed by atoms with van der Waals surface area (Å²) < 4.78 is 25.4. The molecule has 0 fully saturated rings. The summed E-state index contributed by atoms with van der Waals surface area (Å²) in [6, 6.07) is 15.8. The van der Waals surface area contributed by atoms with Gasteiger partial charge in [0.25, 0.3) is 5.56 Å². The zero-order valence-electron chi connectivity index (χ0n) is 14.7. The van der Waals surface area contributed by atoms with Gasteiger partial charge in [-0.25, -0.2) is 8.42 Å². The van der Waals surface area contributed by atoms with Gasteiger partial charge in [-0.2, -0.15) is 0 Å². The van der Waals surface area contributed by atoms with E-state index in [1.54, 1.807) is 30.3 Å². The number of nitrogens with one attached hydrogen (secondary N) is 2. The second kappa shape index (κ2) is 7.74. The van der Waals surface area contributed by atoms with Crippen molar-refractivity contribution in [2.45, 2.75) is 36.8 Å². The molecular weight excluding hydrogens is 348 g/mol. The number of sulfone groups is 1. The zero-order chi connectivity index (χ0) is 18.6. The first-order valence-corrected chi connectivity index (χ1v) is 10.3. The summed E-state index contributed by atoms with van der Waals surface area (Å²) in [5.41, 5.74) is 3.00. The summed E-state index contributed by atoms with van der Waals surface area (Å²) in [5, 5.41) is 5.57. The first-order chi connectivity index (χ1) is 12.5. The Morgan fingerprint density at radius 1 is 0.885 bits per heavy atom. The van der Waals surface area contributed by atoms with Crippen LogP contribution in [-0.2, 0) is 28.4 Å². The number of H-pyrrole nitrogens is 2. The molecule has 6 heteroatoms. The highest BCUT2D eigenvalue weighted by Crippen LogP contribution is 2.21. The molecular formula is C20H22N2O3S. The maximum absolute atomic E-state index is 12.7. The Kier molecular flexibility index (Phi) is 5.42. The topological polar surface area (TPSA) is 82.8 Å². The van der Waals surface area contributed by atoms with Gasteiger partial charge in [-0.05, 0) is 29.7 Å². The molecule has 0 aliphatic heterocycles. The predicted molar refractivity (Wildman–Crippen MR) is 102 cm³/mol. The Morgan fingerprint density at radius 2 is 1.54 bits per heavy atom. The van der Waals surface area contributed by atoms with E-state index in [4.69, 9.17) is 0 Å². The number of aryl methyl sites for hydroxylation is 1. The van der Waals surface area contributed by atoms with Gasteiger partial charge < -0.3 is 5.10 Å². The summed E-state index contributed by atoms with van der Waals surface area (Å²) >= 11 is 0. The first-order valence-electron chi connectivity index (χ1n) is 8.64. The molecule has 136 valence electrons. The molecule has 0 spiro atoms. The minimum absolute atomic E-state index is 0.0847. The average Bonchev–Trinajstić information content (AvgIpc) is 2.98. The Bertz CT molecular complexity index is 1030. The number of benzene rings is 2. The van der Waals surface area contributed by atoms with Crippen molar-refractivity contribution in [1.29, 1.82) is 0 Å². The van der Waals surface area contributed by atoms with Crippen LogP contribution in [-0.4, -0.2) is 18.6 Å². The van der Waals surface area contributed by atoms with Crippen molar-refractivity contribution < 1.29 is 8.42 Å². The van der Waals surface area contributed by atoms with Crippen molar-refractivity contribution in [2.75, 3.05) is 0 Å². The maximum atomic E-state index is 12.7. The van der Waals surface area contributed by atoms with Crippen molar-refractivity contribution in [3.63, 3.8) is 0 Å². The summed E-state index contributed by atoms with van der Waals surface area (Å²) in [5.74, 6) is -0.0847. The highest BCUT2D eigenvalue weighted by Gasteiger charge is 2.18. The average molecular weight is 370 g/mol. The third-order valence-electron chi connectivity index (χ3n) is 4.40. The largest absolute Gasteiger partial charge is 0.302 e. The lowest BCUT2D eigenvalue weighted by atomic mass is 9.99. The molecule has 0 bridgehead atoms. The van der Waals surface area contributed by atoms with Gasteiger partial charge in [0.15, 0.2) is 9.84 Å². The molecule has 0 saturated carbocycles. The van der Waals surface area contributed by atoms with E-state index in [1.807, 2.05) is 24.3 Å². The smallest absolute Gasteiger partial charge is 0.267 e. The van der Waals surface area contributed by atoms with Crippen molar-refractivity contribution in [1.82, 2.24) is 10.2 Å². The normalized spacial score (nSPS) is 11.6. The van der Waals surface area contributed by atoms with Gasteiger partial charge in [0.1, 0.15) is 0 Å². The van der Waals surface area contributed by atoms with Gasteiger partial charge >= 0.3 is 0 Å². The molecule has 26 heavy (non-hydrogen) atoms. The van der Waals surface area contributed by atoms with E-state index in [0.29, 0.717) is 16.9 Å². The van der Waals surface area contributed by atoms with Gasteiger partial charge in [-0.15, -0.1) is 0 Å². The van der Waals surface area contributed by atoms with Gasteiger partial charge in [-0.3, -0.25) is 9.89 Å². The second-order valence-electron chi connectivity index (χ2n) is 6.30. The number of aromatic amines is 2. The summed E-state index contributed by atoms with van der Waals surface area (Å²) in [6.45, 7) is 2.05. The lowest BCUT2D eigenvalue weighted by molar-refractivity contribution is 0.595. The minimum atomic E-state index is -3.44. The maximum Gasteiger partial charge on any atom is 0.267 e. The number of rotatable bonds is 7. The van der Waals surface area contributed by atoms with Gasteiger partial charge in [-0.1, -0.05) is 55.8 Å². The lowest BCUT2D eigenvalue weighted by Gasteiger charge is -2.10. The van der Waals surface area contributed by atoms with Gasteiger partial charge in [0.2, 0.25) is 0 Å². The molecule has 1 heterocycles. The standard InChI is InChI=1S/C20H22N2O3S/c1-2-8-19-18(20(23)22-21-19)13-15-9-6-7-10-16(15)14-26(24,25)17-11-4-3-5-12-17/h3-7,9-12H,2,8,13-14H2,1H3,(H2,21,22,23). The summed E-state index contributed by atoms with van der Waals surface area (Å²) in [4.78, 5) is 12.4. The second-order valence-corrected chi connectivity index (χ2v) is 8.29. The Hall–Kier alpha value is -2.60. The van der Waals surface area contributed by atoms with E-state index in [1.165, 1.54) is 0 Å². The first kappa shape index (κ1) is 18.2. The Morgan fingerprint density at radius 3 is 2.23 bits per heavy atom. The van der Waals surface area contributed by atoms with E-state index in [9.17, 15) is 13.2 Å². The highest BCUT2D eigenvalue weighted by molar-refractivity contribution is 7.90. The highest BCUT2D eigenvalue weighted by atomic mass is 32.2. The van der Waals surface area contributed by atoms with Gasteiger partial charge in [0, 0.05) is 17.7 Å². The summed E-state index contributed by atoms with van der Waals surface area (Å²) in [7, 11) is -3.44. The van der Waals surface area contributed by atoms with E-state index in [0.717, 1.165) is 29.7 Å². The van der Waals surface area contributed by atoms with Crippen LogP contribution in [0.25, 0.3) is 0 Å². The minimum Gasteiger partial charge on any atom is -0.302 e. The van der Waals surface area contributed by atoms with Crippen LogP contribution < -0.4 is 5.56 Å². The van der Waals surface area contributed by atoms with Crippen molar-refractivity contribution in [2.24, 2.45) is 0 Å². The quantitative estimate of drug-likeness (QED) is 0.670. The fraction of sp³-hybridized carbons (Fsp3) is 0.250. The van der Waals surface area contributed by atoms with E-state index in [2.05, 4.69) is 17.1 Å². The fourth-order valence-corrected chi connectivity index (χ4v) is 4.48. The molecule has 0 radical (unpaired) electrons. The number of hydrogen-bond acceptors (Lipinski definition) is 3. The SMILES string of the molecule is CCCc1[nH][nH]c(=O)c1Cc1ccccc1CS(=O)(=O)c1ccccc1. The summed E-state index contributed by atoms with van der Waals surface area (Å²) in [6.07, 6.45) is 2.11. The zero-order valence-corrected chi connectivity index (χ0v) is 15.5. The molecule has 0 aliphatic rings. The number of hydrogen-bond donors (Lipinski definition) is 2. The van der Waals surface area contributed by atoms with Crippen LogP contribution in [0.5, 0.6) is 0 Å². The van der Waals surface area contributed by atoms with Crippen LogP contribution in [0.2, 0.25) is 0 Å². The molecule has 0 amide bonds. The fourth-order valence-electron chi connectivity index (χ4n) is 3.05. The van der Waals surface area contributed by atoms with Gasteiger partial charge in [0.05, 0.1) is 10.6 Å². The molecule has 0 unspecified atom stereocenters. The van der Waals surface area contributed by atoms with Crippen LogP contribution in [0.1, 0.15) is 35.7 Å². The Labute approximate surface area is 153 Å². The van der Waals surface area contributed by atoms with E-state index < -0.39 is 9.84 Å². The third kappa shape index (κ3) is 3.96. The van der Waals surface area contributed by atoms with Crippen molar-refractivity contribution >= 4 is 9.84 Å². The van der Waals surface area contributed by atoms with Crippen LogP contribution in [0.3, 0.4) is 0 Å². The molecule has 3 aromatic rings. The molecule has 0 saturated heterocycles. The van der Waals surface area contributed by atoms with Crippen LogP contribution in [0.15, 0.2) is 64.3 Å². The Balaban J connectivity index is 1.93. The predicted octanol–water partition coefficient (Wildman–Crippen LogP) is 3.22. The van der Waals surface area contributed by atoms with Crippen molar-refractivity contribution in [3.8, 4) is 0 Å². The molecule has 0 atom stereocenters. The number of aromatic nitrogens is 2. The third-order valence-corrected chi connectivity index (χ3v) is 6.08. The van der Waals surface area contributed by atoms with Crippen LogP contribution in [0, 0.1) is 0 Å². The lowest BCUT2D eigenvalue weighted by Crippen LogP contribution is -2.11. The van der Waals surface area contributed by atoms with E-state index >= 15 is 0 Å². The van der Waals surface area contributed by atoms with E-state index in [-0.39, 0.29) is 11.3 Å². The van der Waals surface area contributed by atoms with Crippen molar-refractivity contribution in [3.05, 3.63) is 87.3 Å².